The second-order valence-electron chi connectivity index (χ2n) is 3.89. The molecule has 0 heterocycles. The van der Waals surface area contributed by atoms with E-state index in [9.17, 15) is 13.2 Å². The van der Waals surface area contributed by atoms with Gasteiger partial charge in [0.1, 0.15) is 5.25 Å². The molecule has 4 N–H and O–H groups in total. The first-order chi connectivity index (χ1) is 7.80. The Balaban J connectivity index is 3.40. The number of hydrogen-bond acceptors (Lipinski definition) is 4. The molecular formula is C11H16N2O3S. The van der Waals surface area contributed by atoms with Crippen LogP contribution in [0.15, 0.2) is 23.1 Å². The smallest absolute Gasteiger partial charge is 0.236 e. The molecule has 94 valence electrons. The molecule has 0 spiro atoms. The minimum absolute atomic E-state index is 0.0249. The van der Waals surface area contributed by atoms with E-state index in [2.05, 4.69) is 0 Å². The lowest BCUT2D eigenvalue weighted by Crippen LogP contribution is -2.35. The van der Waals surface area contributed by atoms with Gasteiger partial charge in [-0.1, -0.05) is 13.0 Å². The molecule has 1 amide bonds. The summed E-state index contributed by atoms with van der Waals surface area (Å²) in [6.07, 6.45) is 0.130. The topological polar surface area (TPSA) is 103 Å². The number of benzene rings is 1. The maximum absolute atomic E-state index is 12.2. The summed E-state index contributed by atoms with van der Waals surface area (Å²) in [6.45, 7) is 3.35. The minimum atomic E-state index is -3.80. The van der Waals surface area contributed by atoms with Crippen LogP contribution in [0.2, 0.25) is 0 Å². The van der Waals surface area contributed by atoms with E-state index in [4.69, 9.17) is 11.5 Å². The number of carbonyl (C=O) groups excluding carboxylic acids is 1. The third-order valence-electron chi connectivity index (χ3n) is 2.54. The zero-order chi connectivity index (χ0) is 13.2. The average Bonchev–Trinajstić information content (AvgIpc) is 2.21. The summed E-state index contributed by atoms with van der Waals surface area (Å²) in [5.41, 5.74) is 11.6. The molecule has 1 unspecified atom stereocenters. The molecule has 1 rings (SSSR count). The van der Waals surface area contributed by atoms with E-state index >= 15 is 0 Å². The molecule has 1 aromatic carbocycles. The molecule has 1 aromatic rings. The van der Waals surface area contributed by atoms with Gasteiger partial charge < -0.3 is 11.5 Å². The molecule has 17 heavy (non-hydrogen) atoms. The summed E-state index contributed by atoms with van der Waals surface area (Å²) in [7, 11) is -3.80. The largest absolute Gasteiger partial charge is 0.398 e. The van der Waals surface area contributed by atoms with Crippen molar-refractivity contribution in [2.45, 2.75) is 30.4 Å². The molecule has 0 saturated heterocycles. The van der Waals surface area contributed by atoms with Gasteiger partial charge in [0, 0.05) is 0 Å². The average molecular weight is 256 g/mol. The van der Waals surface area contributed by atoms with Gasteiger partial charge in [0.25, 0.3) is 0 Å². The first-order valence-corrected chi connectivity index (χ1v) is 6.74. The number of carbonyl (C=O) groups is 1. The lowest BCUT2D eigenvalue weighted by Gasteiger charge is -2.14. The number of nitrogen functional groups attached to an aromatic ring is 1. The number of anilines is 1. The molecule has 0 aliphatic heterocycles. The van der Waals surface area contributed by atoms with Crippen LogP contribution in [0, 0.1) is 6.92 Å². The standard InChI is InChI=1S/C11H16N2O3S/c1-3-9(11(13)14)17(15,16)10-6-7(2)4-5-8(10)12/h4-6,9H,3,12H2,1-2H3,(H2,13,14). The molecule has 0 aliphatic rings. The predicted molar refractivity (Wildman–Crippen MR) is 66.1 cm³/mol. The zero-order valence-electron chi connectivity index (χ0n) is 9.80. The van der Waals surface area contributed by atoms with Crippen LogP contribution in [-0.2, 0) is 14.6 Å². The normalized spacial score (nSPS) is 13.3. The number of primary amides is 1. The summed E-state index contributed by atoms with van der Waals surface area (Å²) >= 11 is 0. The van der Waals surface area contributed by atoms with Crippen molar-refractivity contribution in [3.63, 3.8) is 0 Å². The summed E-state index contributed by atoms with van der Waals surface area (Å²) < 4.78 is 24.4. The van der Waals surface area contributed by atoms with Gasteiger partial charge in [-0.15, -0.1) is 0 Å². The van der Waals surface area contributed by atoms with Gasteiger partial charge in [0.15, 0.2) is 9.84 Å². The third-order valence-corrected chi connectivity index (χ3v) is 4.82. The molecule has 0 saturated carbocycles. The minimum Gasteiger partial charge on any atom is -0.398 e. The van der Waals surface area contributed by atoms with E-state index in [-0.39, 0.29) is 17.0 Å². The van der Waals surface area contributed by atoms with E-state index < -0.39 is 21.0 Å². The Morgan fingerprint density at radius 2 is 2.00 bits per heavy atom. The Morgan fingerprint density at radius 1 is 1.41 bits per heavy atom. The van der Waals surface area contributed by atoms with E-state index in [1.165, 1.54) is 12.1 Å². The van der Waals surface area contributed by atoms with Crippen molar-refractivity contribution in [1.82, 2.24) is 0 Å². The van der Waals surface area contributed by atoms with Crippen LogP contribution in [0.4, 0.5) is 5.69 Å². The van der Waals surface area contributed by atoms with Gasteiger partial charge in [-0.25, -0.2) is 8.42 Å². The van der Waals surface area contributed by atoms with Crippen molar-refractivity contribution in [3.8, 4) is 0 Å². The van der Waals surface area contributed by atoms with Crippen LogP contribution in [0.1, 0.15) is 18.9 Å². The van der Waals surface area contributed by atoms with E-state index in [0.717, 1.165) is 5.56 Å². The molecule has 6 heteroatoms. The van der Waals surface area contributed by atoms with Gasteiger partial charge in [0.2, 0.25) is 5.91 Å². The number of amides is 1. The zero-order valence-corrected chi connectivity index (χ0v) is 10.6. The fourth-order valence-electron chi connectivity index (χ4n) is 1.61. The van der Waals surface area contributed by atoms with Crippen molar-refractivity contribution >= 4 is 21.4 Å². The van der Waals surface area contributed by atoms with E-state index in [0.29, 0.717) is 0 Å². The molecule has 5 nitrogen and oxygen atoms in total. The fourth-order valence-corrected chi connectivity index (χ4v) is 3.41. The second-order valence-corrected chi connectivity index (χ2v) is 5.98. The lowest BCUT2D eigenvalue weighted by molar-refractivity contribution is -0.117. The molecule has 0 bridgehead atoms. The lowest BCUT2D eigenvalue weighted by atomic mass is 10.2. The Hall–Kier alpha value is -1.56. The summed E-state index contributed by atoms with van der Waals surface area (Å²) in [5, 5.41) is -1.23. The summed E-state index contributed by atoms with van der Waals surface area (Å²) in [5.74, 6) is -0.853. The fraction of sp³-hybridized carbons (Fsp3) is 0.364. The van der Waals surface area contributed by atoms with E-state index in [1.807, 2.05) is 0 Å². The Kier molecular flexibility index (Phi) is 3.77. The highest BCUT2D eigenvalue weighted by atomic mass is 32.2. The van der Waals surface area contributed by atoms with Crippen LogP contribution in [0.25, 0.3) is 0 Å². The van der Waals surface area contributed by atoms with E-state index in [1.54, 1.807) is 19.9 Å². The molecule has 0 radical (unpaired) electrons. The first-order valence-electron chi connectivity index (χ1n) is 5.20. The van der Waals surface area contributed by atoms with Crippen LogP contribution < -0.4 is 11.5 Å². The van der Waals surface area contributed by atoms with Crippen molar-refractivity contribution in [3.05, 3.63) is 23.8 Å². The quantitative estimate of drug-likeness (QED) is 0.770. The maximum Gasteiger partial charge on any atom is 0.236 e. The number of rotatable bonds is 4. The van der Waals surface area contributed by atoms with Gasteiger partial charge in [-0.3, -0.25) is 4.79 Å². The highest BCUT2D eigenvalue weighted by Crippen LogP contribution is 2.25. The first kappa shape index (κ1) is 13.5. The Morgan fingerprint density at radius 3 is 2.47 bits per heavy atom. The highest BCUT2D eigenvalue weighted by Gasteiger charge is 2.32. The molecule has 0 fully saturated rings. The van der Waals surface area contributed by atoms with Gasteiger partial charge >= 0.3 is 0 Å². The van der Waals surface area contributed by atoms with Gasteiger partial charge in [-0.2, -0.15) is 0 Å². The SMILES string of the molecule is CCC(C(N)=O)S(=O)(=O)c1cc(C)ccc1N. The third kappa shape index (κ3) is 2.58. The summed E-state index contributed by atoms with van der Waals surface area (Å²) in [6, 6.07) is 4.67. The monoisotopic (exact) mass is 256 g/mol. The van der Waals surface area contributed by atoms with Crippen molar-refractivity contribution in [2.75, 3.05) is 5.73 Å². The molecular weight excluding hydrogens is 240 g/mol. The predicted octanol–water partition coefficient (Wildman–Crippen LogP) is 0.615. The van der Waals surface area contributed by atoms with Crippen molar-refractivity contribution in [1.29, 1.82) is 0 Å². The van der Waals surface area contributed by atoms with Crippen LogP contribution >= 0.6 is 0 Å². The molecule has 0 aliphatic carbocycles. The van der Waals surface area contributed by atoms with Crippen LogP contribution in [0.5, 0.6) is 0 Å². The molecule has 0 aromatic heterocycles. The number of aryl methyl sites for hydroxylation is 1. The Bertz CT molecular complexity index is 538. The van der Waals surface area contributed by atoms with Gasteiger partial charge in [-0.05, 0) is 31.0 Å². The van der Waals surface area contributed by atoms with Crippen LogP contribution in [-0.4, -0.2) is 19.6 Å². The Labute approximate surface area is 101 Å². The number of hydrogen-bond donors (Lipinski definition) is 2. The maximum atomic E-state index is 12.2. The highest BCUT2D eigenvalue weighted by molar-refractivity contribution is 7.93. The number of sulfone groups is 1. The molecule has 1 atom stereocenters. The van der Waals surface area contributed by atoms with Crippen LogP contribution in [0.3, 0.4) is 0 Å². The summed E-state index contributed by atoms with van der Waals surface area (Å²) in [4.78, 5) is 11.1. The van der Waals surface area contributed by atoms with Gasteiger partial charge in [0.05, 0.1) is 10.6 Å². The van der Waals surface area contributed by atoms with Crippen molar-refractivity contribution < 1.29 is 13.2 Å². The number of nitrogens with two attached hydrogens (primary N) is 2. The second kappa shape index (κ2) is 4.75. The van der Waals surface area contributed by atoms with Crippen molar-refractivity contribution in [2.24, 2.45) is 5.73 Å².